The van der Waals surface area contributed by atoms with Gasteiger partial charge in [-0.2, -0.15) is 0 Å². The molecule has 1 aromatic carbocycles. The van der Waals surface area contributed by atoms with Gasteiger partial charge >= 0.3 is 0 Å². The van der Waals surface area contributed by atoms with Gasteiger partial charge in [-0.15, -0.1) is 0 Å². The molecule has 0 unspecified atom stereocenters. The first-order chi connectivity index (χ1) is 8.95. The van der Waals surface area contributed by atoms with Crippen LogP contribution in [0, 0.1) is 17.2 Å². The Balaban J connectivity index is 1.77. The highest BCUT2D eigenvalue weighted by molar-refractivity contribution is 5.16. The monoisotopic (exact) mass is 263 g/mol. The molecular formula is C17H26FN. The van der Waals surface area contributed by atoms with Gasteiger partial charge in [0.15, 0.2) is 0 Å². The Hall–Kier alpha value is -0.890. The van der Waals surface area contributed by atoms with Crippen LogP contribution in [0.5, 0.6) is 0 Å². The molecule has 19 heavy (non-hydrogen) atoms. The molecule has 0 heterocycles. The lowest BCUT2D eigenvalue weighted by atomic mass is 9.71. The van der Waals surface area contributed by atoms with Gasteiger partial charge in [0.2, 0.25) is 0 Å². The molecule has 1 nitrogen and oxygen atoms in total. The number of hydrogen-bond acceptors (Lipinski definition) is 1. The molecule has 1 aromatic rings. The molecule has 106 valence electrons. The van der Waals surface area contributed by atoms with Crippen LogP contribution < -0.4 is 5.32 Å². The van der Waals surface area contributed by atoms with Crippen LogP contribution in [-0.4, -0.2) is 6.04 Å². The third-order valence-electron chi connectivity index (χ3n) is 4.44. The maximum absolute atomic E-state index is 13.1. The van der Waals surface area contributed by atoms with E-state index >= 15 is 0 Å². The van der Waals surface area contributed by atoms with E-state index in [0.717, 1.165) is 18.0 Å². The van der Waals surface area contributed by atoms with E-state index in [1.807, 2.05) is 6.07 Å². The second kappa shape index (κ2) is 6.04. The van der Waals surface area contributed by atoms with Crippen molar-refractivity contribution in [2.24, 2.45) is 11.3 Å². The fourth-order valence-electron chi connectivity index (χ4n) is 3.07. The highest BCUT2D eigenvalue weighted by Crippen LogP contribution is 2.37. The molecule has 0 bridgehead atoms. The predicted octanol–water partition coefficient (Wildman–Crippen LogP) is 4.52. The zero-order chi connectivity index (χ0) is 13.9. The molecule has 2 rings (SSSR count). The van der Waals surface area contributed by atoms with Crippen molar-refractivity contribution in [1.29, 1.82) is 0 Å². The van der Waals surface area contributed by atoms with Crippen molar-refractivity contribution in [2.45, 2.75) is 59.0 Å². The molecule has 1 N–H and O–H groups in total. The van der Waals surface area contributed by atoms with E-state index in [-0.39, 0.29) is 5.82 Å². The first-order valence-electron chi connectivity index (χ1n) is 7.43. The van der Waals surface area contributed by atoms with Crippen LogP contribution >= 0.6 is 0 Å². The van der Waals surface area contributed by atoms with Crippen LogP contribution in [-0.2, 0) is 6.54 Å². The Kier molecular flexibility index (Phi) is 4.62. The van der Waals surface area contributed by atoms with Crippen molar-refractivity contribution in [3.63, 3.8) is 0 Å². The normalized spacial score (nSPS) is 24.4. The maximum atomic E-state index is 13.1. The minimum atomic E-state index is -0.143. The Morgan fingerprint density at radius 3 is 2.42 bits per heavy atom. The Bertz CT molecular complexity index is 400. The van der Waals surface area contributed by atoms with Crippen molar-refractivity contribution < 1.29 is 4.39 Å². The smallest absolute Gasteiger partial charge is 0.123 e. The first kappa shape index (κ1) is 14.5. The van der Waals surface area contributed by atoms with E-state index in [9.17, 15) is 4.39 Å². The molecule has 0 atom stereocenters. The van der Waals surface area contributed by atoms with Gasteiger partial charge in [-0.3, -0.25) is 0 Å². The van der Waals surface area contributed by atoms with Crippen molar-refractivity contribution in [2.75, 3.05) is 0 Å². The molecule has 0 spiro atoms. The van der Waals surface area contributed by atoms with Gasteiger partial charge < -0.3 is 5.32 Å². The van der Waals surface area contributed by atoms with Gasteiger partial charge in [0.25, 0.3) is 0 Å². The molecule has 1 aliphatic rings. The largest absolute Gasteiger partial charge is 0.310 e. The summed E-state index contributed by atoms with van der Waals surface area (Å²) in [7, 11) is 0. The van der Waals surface area contributed by atoms with E-state index in [1.54, 1.807) is 12.1 Å². The first-order valence-corrected chi connectivity index (χ1v) is 7.43. The minimum Gasteiger partial charge on any atom is -0.310 e. The van der Waals surface area contributed by atoms with Crippen LogP contribution in [0.3, 0.4) is 0 Å². The molecule has 2 heteroatoms. The fraction of sp³-hybridized carbons (Fsp3) is 0.647. The molecule has 1 fully saturated rings. The minimum absolute atomic E-state index is 0.143. The van der Waals surface area contributed by atoms with Gasteiger partial charge in [-0.05, 0) is 54.7 Å². The Labute approximate surface area is 116 Å². The van der Waals surface area contributed by atoms with E-state index in [0.29, 0.717) is 11.5 Å². The Morgan fingerprint density at radius 2 is 1.84 bits per heavy atom. The van der Waals surface area contributed by atoms with Crippen molar-refractivity contribution >= 4 is 0 Å². The van der Waals surface area contributed by atoms with Crippen molar-refractivity contribution in [3.8, 4) is 0 Å². The number of benzene rings is 1. The number of hydrogen-bond donors (Lipinski definition) is 1. The van der Waals surface area contributed by atoms with Crippen LogP contribution in [0.15, 0.2) is 24.3 Å². The predicted molar refractivity (Wildman–Crippen MR) is 78.4 cm³/mol. The zero-order valence-corrected chi connectivity index (χ0v) is 12.4. The second-order valence-corrected chi connectivity index (χ2v) is 6.93. The average Bonchev–Trinajstić information content (AvgIpc) is 2.36. The van der Waals surface area contributed by atoms with Gasteiger partial charge in [0.1, 0.15) is 5.82 Å². The van der Waals surface area contributed by atoms with Gasteiger partial charge in [0.05, 0.1) is 0 Å². The van der Waals surface area contributed by atoms with Gasteiger partial charge in [-0.25, -0.2) is 4.39 Å². The van der Waals surface area contributed by atoms with Crippen LogP contribution in [0.1, 0.15) is 52.0 Å². The summed E-state index contributed by atoms with van der Waals surface area (Å²) < 4.78 is 13.1. The van der Waals surface area contributed by atoms with Gasteiger partial charge in [0, 0.05) is 12.6 Å². The van der Waals surface area contributed by atoms with E-state index < -0.39 is 0 Å². The highest BCUT2D eigenvalue weighted by atomic mass is 19.1. The van der Waals surface area contributed by atoms with Crippen LogP contribution in [0.2, 0.25) is 0 Å². The Morgan fingerprint density at radius 1 is 1.16 bits per heavy atom. The summed E-state index contributed by atoms with van der Waals surface area (Å²) in [6, 6.07) is 7.48. The summed E-state index contributed by atoms with van der Waals surface area (Å²) in [5.41, 5.74) is 1.48. The SMILES string of the molecule is CC(C)(C)C1CCC(NCc2cccc(F)c2)CC1. The summed E-state index contributed by atoms with van der Waals surface area (Å²) >= 11 is 0. The quantitative estimate of drug-likeness (QED) is 0.845. The van der Waals surface area contributed by atoms with Crippen molar-refractivity contribution in [3.05, 3.63) is 35.6 Å². The molecule has 0 aliphatic heterocycles. The van der Waals surface area contributed by atoms with Crippen molar-refractivity contribution in [1.82, 2.24) is 5.32 Å². The maximum Gasteiger partial charge on any atom is 0.123 e. The third-order valence-corrected chi connectivity index (χ3v) is 4.44. The summed E-state index contributed by atoms with van der Waals surface area (Å²) in [5.74, 6) is 0.704. The topological polar surface area (TPSA) is 12.0 Å². The van der Waals surface area contributed by atoms with E-state index in [1.165, 1.54) is 31.7 Å². The van der Waals surface area contributed by atoms with Crippen LogP contribution in [0.4, 0.5) is 4.39 Å². The lowest BCUT2D eigenvalue weighted by molar-refractivity contribution is 0.160. The molecule has 0 saturated heterocycles. The van der Waals surface area contributed by atoms with Crippen LogP contribution in [0.25, 0.3) is 0 Å². The number of nitrogens with one attached hydrogen (secondary N) is 1. The summed E-state index contributed by atoms with van der Waals surface area (Å²) in [4.78, 5) is 0. The fourth-order valence-corrected chi connectivity index (χ4v) is 3.07. The second-order valence-electron chi connectivity index (χ2n) is 6.93. The summed E-state index contributed by atoms with van der Waals surface area (Å²) in [6.07, 6.45) is 5.11. The molecule has 0 amide bonds. The van der Waals surface area contributed by atoms with E-state index in [2.05, 4.69) is 26.1 Å². The molecular weight excluding hydrogens is 237 g/mol. The number of halogens is 1. The lowest BCUT2D eigenvalue weighted by Crippen LogP contribution is -2.35. The number of rotatable bonds is 3. The third kappa shape index (κ3) is 4.31. The molecule has 1 aliphatic carbocycles. The lowest BCUT2D eigenvalue weighted by Gasteiger charge is -2.37. The molecule has 0 aromatic heterocycles. The standard InChI is InChI=1S/C17H26FN/c1-17(2,3)14-7-9-16(10-8-14)19-12-13-5-4-6-15(18)11-13/h4-6,11,14,16,19H,7-10,12H2,1-3H3. The molecule has 1 saturated carbocycles. The summed E-state index contributed by atoms with van der Waals surface area (Å²) in [5, 5.41) is 3.57. The average molecular weight is 263 g/mol. The molecule has 0 radical (unpaired) electrons. The van der Waals surface area contributed by atoms with E-state index in [4.69, 9.17) is 0 Å². The summed E-state index contributed by atoms with van der Waals surface area (Å²) in [6.45, 7) is 7.82. The van der Waals surface area contributed by atoms with Gasteiger partial charge in [-0.1, -0.05) is 32.9 Å². The zero-order valence-electron chi connectivity index (χ0n) is 12.4. The highest BCUT2D eigenvalue weighted by Gasteiger charge is 2.29.